The first-order chi connectivity index (χ1) is 11.9. The fourth-order valence-corrected chi connectivity index (χ4v) is 2.18. The maximum atomic E-state index is 12.7. The molecule has 0 fully saturated rings. The number of rotatable bonds is 3. The van der Waals surface area contributed by atoms with Gasteiger partial charge < -0.3 is 9.73 Å². The maximum Gasteiger partial charge on any atom is 0.416 e. The molecule has 0 radical (unpaired) electrons. The van der Waals surface area contributed by atoms with Crippen LogP contribution in [0.3, 0.4) is 0 Å². The van der Waals surface area contributed by atoms with Crippen LogP contribution >= 0.6 is 0 Å². The van der Waals surface area contributed by atoms with Crippen LogP contribution < -0.4 is 10.2 Å². The zero-order chi connectivity index (χ0) is 18.0. The average Bonchev–Trinajstić information content (AvgIpc) is 3.03. The number of anilines is 2. The fourth-order valence-electron chi connectivity index (χ4n) is 2.18. The Hall–Kier alpha value is -3.36. The van der Waals surface area contributed by atoms with E-state index in [1.807, 2.05) is 0 Å². The van der Waals surface area contributed by atoms with Crippen molar-refractivity contribution in [1.29, 1.82) is 0 Å². The van der Waals surface area contributed by atoms with Gasteiger partial charge in [0, 0.05) is 11.8 Å². The number of benzene rings is 2. The quantitative estimate of drug-likeness (QED) is 0.724. The van der Waals surface area contributed by atoms with Crippen molar-refractivity contribution < 1.29 is 27.2 Å². The number of hydrogen-bond acceptors (Lipinski definition) is 4. The number of imide groups is 1. The van der Waals surface area contributed by atoms with Gasteiger partial charge in [0.05, 0.1) is 11.3 Å². The van der Waals surface area contributed by atoms with E-state index in [1.165, 1.54) is 24.6 Å². The van der Waals surface area contributed by atoms with Crippen LogP contribution in [0, 0.1) is 0 Å². The Morgan fingerprint density at radius 3 is 2.72 bits per heavy atom. The van der Waals surface area contributed by atoms with Gasteiger partial charge in [-0.2, -0.15) is 13.2 Å². The molecular formula is C16H10F3N3O3. The van der Waals surface area contributed by atoms with Crippen molar-refractivity contribution in [2.75, 3.05) is 10.2 Å². The number of oxazole rings is 1. The molecule has 0 unspecified atom stereocenters. The van der Waals surface area contributed by atoms with Crippen molar-refractivity contribution >= 4 is 34.9 Å². The average molecular weight is 349 g/mol. The molecule has 0 aliphatic carbocycles. The predicted molar refractivity (Wildman–Crippen MR) is 83.0 cm³/mol. The number of nitrogens with zero attached hydrogens (tertiary/aromatic N) is 2. The molecule has 1 aromatic heterocycles. The van der Waals surface area contributed by atoms with Crippen molar-refractivity contribution in [3.63, 3.8) is 0 Å². The highest BCUT2D eigenvalue weighted by Crippen LogP contribution is 2.31. The topological polar surface area (TPSA) is 75.4 Å². The smallest absolute Gasteiger partial charge is 0.416 e. The molecule has 25 heavy (non-hydrogen) atoms. The molecule has 0 aliphatic rings. The predicted octanol–water partition coefficient (Wildman–Crippen LogP) is 4.04. The van der Waals surface area contributed by atoms with Gasteiger partial charge in [0.25, 0.3) is 0 Å². The summed E-state index contributed by atoms with van der Waals surface area (Å²) in [7, 11) is 0. The largest absolute Gasteiger partial charge is 0.443 e. The summed E-state index contributed by atoms with van der Waals surface area (Å²) in [6, 6.07) is 7.62. The van der Waals surface area contributed by atoms with Crippen LogP contribution in [-0.2, 0) is 11.0 Å². The van der Waals surface area contributed by atoms with Gasteiger partial charge in [-0.1, -0.05) is 6.07 Å². The van der Waals surface area contributed by atoms with E-state index in [0.29, 0.717) is 16.0 Å². The van der Waals surface area contributed by atoms with Gasteiger partial charge in [-0.15, -0.1) is 0 Å². The van der Waals surface area contributed by atoms with E-state index in [9.17, 15) is 22.8 Å². The van der Waals surface area contributed by atoms with E-state index >= 15 is 0 Å². The minimum atomic E-state index is -4.54. The molecule has 0 saturated carbocycles. The van der Waals surface area contributed by atoms with Crippen LogP contribution in [-0.4, -0.2) is 17.4 Å². The number of alkyl halides is 3. The highest BCUT2D eigenvalue weighted by Gasteiger charge is 2.30. The molecule has 9 heteroatoms. The number of amides is 3. The highest BCUT2D eigenvalue weighted by molar-refractivity contribution is 6.12. The van der Waals surface area contributed by atoms with Gasteiger partial charge in [-0.05, 0) is 30.3 Å². The number of nitrogens with one attached hydrogen (secondary N) is 1. The molecule has 128 valence electrons. The summed E-state index contributed by atoms with van der Waals surface area (Å²) >= 11 is 0. The third-order valence-electron chi connectivity index (χ3n) is 3.36. The highest BCUT2D eigenvalue weighted by atomic mass is 19.4. The monoisotopic (exact) mass is 349 g/mol. The zero-order valence-corrected chi connectivity index (χ0v) is 12.4. The zero-order valence-electron chi connectivity index (χ0n) is 12.4. The van der Waals surface area contributed by atoms with Gasteiger partial charge in [0.2, 0.25) is 6.41 Å². The Kier molecular flexibility index (Phi) is 4.14. The van der Waals surface area contributed by atoms with Crippen LogP contribution in [0.4, 0.5) is 29.3 Å². The lowest BCUT2D eigenvalue weighted by molar-refractivity contribution is -0.137. The summed E-state index contributed by atoms with van der Waals surface area (Å²) in [5.74, 6) is 0. The molecule has 0 atom stereocenters. The molecule has 0 aliphatic heterocycles. The molecular weight excluding hydrogens is 339 g/mol. The SMILES string of the molecule is O=CN(C(=O)Nc1cccc(C(F)(F)F)c1)c1ccc2ncoc2c1. The van der Waals surface area contributed by atoms with E-state index in [-0.39, 0.29) is 17.8 Å². The van der Waals surface area contributed by atoms with E-state index in [1.54, 1.807) is 6.07 Å². The number of fused-ring (bicyclic) bond motifs is 1. The number of halogens is 3. The number of carbonyl (C=O) groups excluding carboxylic acids is 2. The minimum absolute atomic E-state index is 0.0904. The van der Waals surface area contributed by atoms with Crippen LogP contribution in [0.2, 0.25) is 0 Å². The van der Waals surface area contributed by atoms with E-state index < -0.39 is 17.8 Å². The summed E-state index contributed by atoms with van der Waals surface area (Å²) in [6.45, 7) is 0. The molecule has 6 nitrogen and oxygen atoms in total. The van der Waals surface area contributed by atoms with E-state index in [2.05, 4.69) is 10.3 Å². The number of aromatic nitrogens is 1. The Bertz CT molecular complexity index is 937. The molecule has 1 N–H and O–H groups in total. The number of carbonyl (C=O) groups is 2. The Labute approximate surface area is 138 Å². The Balaban J connectivity index is 1.84. The third kappa shape index (κ3) is 3.44. The molecule has 0 bridgehead atoms. The Morgan fingerprint density at radius 2 is 2.00 bits per heavy atom. The van der Waals surface area contributed by atoms with E-state index in [0.717, 1.165) is 18.2 Å². The minimum Gasteiger partial charge on any atom is -0.443 e. The fraction of sp³-hybridized carbons (Fsp3) is 0.0625. The first-order valence-corrected chi connectivity index (χ1v) is 6.94. The molecule has 0 spiro atoms. The van der Waals surface area contributed by atoms with Crippen molar-refractivity contribution in [2.24, 2.45) is 0 Å². The Morgan fingerprint density at radius 1 is 1.20 bits per heavy atom. The second-order valence-corrected chi connectivity index (χ2v) is 4.99. The van der Waals surface area contributed by atoms with Gasteiger partial charge in [0.15, 0.2) is 12.0 Å². The lowest BCUT2D eigenvalue weighted by atomic mass is 10.2. The van der Waals surface area contributed by atoms with Crippen molar-refractivity contribution in [1.82, 2.24) is 4.98 Å². The molecule has 0 saturated heterocycles. The summed E-state index contributed by atoms with van der Waals surface area (Å²) in [5, 5.41) is 2.26. The van der Waals surface area contributed by atoms with Crippen LogP contribution in [0.25, 0.3) is 11.1 Å². The van der Waals surface area contributed by atoms with Crippen molar-refractivity contribution in [2.45, 2.75) is 6.18 Å². The summed E-state index contributed by atoms with van der Waals surface area (Å²) in [6.07, 6.45) is -3.08. The van der Waals surface area contributed by atoms with Crippen LogP contribution in [0.1, 0.15) is 5.56 Å². The first-order valence-electron chi connectivity index (χ1n) is 6.94. The van der Waals surface area contributed by atoms with Gasteiger partial charge in [0.1, 0.15) is 5.52 Å². The lowest BCUT2D eigenvalue weighted by Crippen LogP contribution is -2.33. The van der Waals surface area contributed by atoms with Crippen LogP contribution in [0.15, 0.2) is 53.3 Å². The normalized spacial score (nSPS) is 11.3. The summed E-state index contributed by atoms with van der Waals surface area (Å²) in [5.41, 5.74) is 0.0753. The molecule has 3 amide bonds. The van der Waals surface area contributed by atoms with Gasteiger partial charge in [-0.3, -0.25) is 4.79 Å². The summed E-state index contributed by atoms with van der Waals surface area (Å²) in [4.78, 5) is 28.1. The van der Waals surface area contributed by atoms with Gasteiger partial charge >= 0.3 is 12.2 Å². The molecule has 3 aromatic rings. The maximum absolute atomic E-state index is 12.7. The number of hydrogen-bond donors (Lipinski definition) is 1. The first kappa shape index (κ1) is 16.5. The van der Waals surface area contributed by atoms with E-state index in [4.69, 9.17) is 4.42 Å². The summed E-state index contributed by atoms with van der Waals surface area (Å²) < 4.78 is 43.2. The van der Waals surface area contributed by atoms with Gasteiger partial charge in [-0.25, -0.2) is 14.7 Å². The number of urea groups is 1. The second-order valence-electron chi connectivity index (χ2n) is 4.99. The molecule has 2 aromatic carbocycles. The molecule has 1 heterocycles. The third-order valence-corrected chi connectivity index (χ3v) is 3.36. The standard InChI is InChI=1S/C16H10F3N3O3/c17-16(18,19)10-2-1-3-11(6-10)21-15(24)22(9-23)12-4-5-13-14(7-12)25-8-20-13/h1-9H,(H,21,24). The molecule has 3 rings (SSSR count). The van der Waals surface area contributed by atoms with Crippen LogP contribution in [0.5, 0.6) is 0 Å². The van der Waals surface area contributed by atoms with Crippen molar-refractivity contribution in [3.8, 4) is 0 Å². The second kappa shape index (κ2) is 6.27. The van der Waals surface area contributed by atoms with Crippen molar-refractivity contribution in [3.05, 3.63) is 54.4 Å². The lowest BCUT2D eigenvalue weighted by Gasteiger charge is -2.17.